The number of methoxy groups -OCH3 is 1. The molecule has 1 N–H and O–H groups in total. The molecule has 1 atom stereocenters. The van der Waals surface area contributed by atoms with Crippen molar-refractivity contribution < 1.29 is 19.1 Å². The lowest BCUT2D eigenvalue weighted by atomic mass is 10.1. The van der Waals surface area contributed by atoms with Crippen LogP contribution in [0, 0.1) is 12.8 Å². The number of hydrogen-bond donors (Lipinski definition) is 1. The van der Waals surface area contributed by atoms with E-state index in [4.69, 9.17) is 4.74 Å². The molecule has 0 aromatic heterocycles. The maximum atomic E-state index is 13.1. The Morgan fingerprint density at radius 1 is 0.895 bits per heavy atom. The van der Waals surface area contributed by atoms with Crippen molar-refractivity contribution in [2.45, 2.75) is 13.3 Å². The topological polar surface area (TPSA) is 82.2 Å². The first kappa shape index (κ1) is 25.3. The van der Waals surface area contributed by atoms with E-state index in [-0.39, 0.29) is 24.1 Å². The number of nitrogens with one attached hydrogen (secondary N) is 1. The van der Waals surface area contributed by atoms with Gasteiger partial charge in [0.25, 0.3) is 5.91 Å². The fourth-order valence-corrected chi connectivity index (χ4v) is 5.09. The van der Waals surface area contributed by atoms with Gasteiger partial charge in [0.05, 0.1) is 13.0 Å². The van der Waals surface area contributed by atoms with Crippen LogP contribution in [0.4, 0.5) is 17.1 Å². The van der Waals surface area contributed by atoms with Crippen molar-refractivity contribution >= 4 is 34.8 Å². The normalized spacial score (nSPS) is 17.5. The van der Waals surface area contributed by atoms with Crippen LogP contribution in [0.2, 0.25) is 0 Å². The molecule has 3 amide bonds. The molecule has 1 unspecified atom stereocenters. The molecule has 2 aliphatic rings. The zero-order valence-corrected chi connectivity index (χ0v) is 21.7. The van der Waals surface area contributed by atoms with Crippen molar-refractivity contribution in [3.05, 3.63) is 83.9 Å². The maximum absolute atomic E-state index is 13.1. The third-order valence-electron chi connectivity index (χ3n) is 7.30. The van der Waals surface area contributed by atoms with Crippen molar-refractivity contribution in [3.63, 3.8) is 0 Å². The number of amides is 3. The highest BCUT2D eigenvalue weighted by Crippen LogP contribution is 2.28. The Morgan fingerprint density at radius 3 is 2.24 bits per heavy atom. The van der Waals surface area contributed by atoms with Gasteiger partial charge in [0.2, 0.25) is 11.8 Å². The van der Waals surface area contributed by atoms with Crippen molar-refractivity contribution in [1.29, 1.82) is 0 Å². The van der Waals surface area contributed by atoms with Crippen molar-refractivity contribution in [2.75, 3.05) is 55.0 Å². The third-order valence-corrected chi connectivity index (χ3v) is 7.30. The van der Waals surface area contributed by atoms with Gasteiger partial charge in [-0.2, -0.15) is 0 Å². The molecule has 0 saturated carbocycles. The summed E-state index contributed by atoms with van der Waals surface area (Å²) in [5, 5.41) is 2.90. The van der Waals surface area contributed by atoms with E-state index < -0.39 is 5.92 Å². The highest BCUT2D eigenvalue weighted by Gasteiger charge is 2.35. The molecular formula is C30H32N4O4. The second-order valence-electron chi connectivity index (χ2n) is 9.74. The Morgan fingerprint density at radius 2 is 1.58 bits per heavy atom. The number of ether oxygens (including phenoxy) is 1. The summed E-state index contributed by atoms with van der Waals surface area (Å²) >= 11 is 0. The minimum atomic E-state index is -0.449. The molecule has 2 heterocycles. The average molecular weight is 513 g/mol. The number of hydrogen-bond acceptors (Lipinski definition) is 5. The highest BCUT2D eigenvalue weighted by atomic mass is 16.5. The molecular weight excluding hydrogens is 480 g/mol. The summed E-state index contributed by atoms with van der Waals surface area (Å²) in [7, 11) is 1.59. The number of benzene rings is 3. The Balaban J connectivity index is 1.14. The van der Waals surface area contributed by atoms with Crippen LogP contribution in [0.5, 0.6) is 5.75 Å². The molecule has 38 heavy (non-hydrogen) atoms. The minimum Gasteiger partial charge on any atom is -0.497 e. The van der Waals surface area contributed by atoms with Gasteiger partial charge in [-0.1, -0.05) is 18.2 Å². The molecule has 0 aliphatic carbocycles. The number of anilines is 3. The van der Waals surface area contributed by atoms with Crippen LogP contribution in [-0.2, 0) is 9.59 Å². The number of carbonyl (C=O) groups is 3. The molecule has 0 radical (unpaired) electrons. The molecule has 3 aromatic rings. The van der Waals surface area contributed by atoms with E-state index in [1.807, 2.05) is 29.2 Å². The summed E-state index contributed by atoms with van der Waals surface area (Å²) in [5.74, 6) is -0.0417. The third kappa shape index (κ3) is 5.34. The van der Waals surface area contributed by atoms with Crippen LogP contribution in [0.3, 0.4) is 0 Å². The molecule has 8 nitrogen and oxygen atoms in total. The van der Waals surface area contributed by atoms with E-state index in [1.165, 1.54) is 11.3 Å². The van der Waals surface area contributed by atoms with E-state index >= 15 is 0 Å². The molecule has 8 heteroatoms. The van der Waals surface area contributed by atoms with Gasteiger partial charge in [-0.25, -0.2) is 0 Å². The fourth-order valence-electron chi connectivity index (χ4n) is 5.09. The summed E-state index contributed by atoms with van der Waals surface area (Å²) in [6.45, 7) is 5.33. The monoisotopic (exact) mass is 512 g/mol. The first-order chi connectivity index (χ1) is 18.4. The number of carbonyl (C=O) groups excluding carboxylic acids is 3. The number of rotatable bonds is 6. The summed E-state index contributed by atoms with van der Waals surface area (Å²) in [6, 6.07) is 22.5. The smallest absolute Gasteiger partial charge is 0.253 e. The Labute approximate surface area is 222 Å². The zero-order valence-electron chi connectivity index (χ0n) is 21.7. The van der Waals surface area contributed by atoms with Crippen molar-refractivity contribution in [2.24, 2.45) is 5.92 Å². The Hall–Kier alpha value is -4.33. The largest absolute Gasteiger partial charge is 0.497 e. The molecule has 196 valence electrons. The number of aryl methyl sites for hydroxylation is 1. The Kier molecular flexibility index (Phi) is 7.31. The molecule has 2 fully saturated rings. The lowest BCUT2D eigenvalue weighted by Crippen LogP contribution is -2.49. The summed E-state index contributed by atoms with van der Waals surface area (Å²) in [4.78, 5) is 44.3. The first-order valence-corrected chi connectivity index (χ1v) is 12.9. The van der Waals surface area contributed by atoms with Crippen LogP contribution < -0.4 is 19.9 Å². The van der Waals surface area contributed by atoms with E-state index in [2.05, 4.69) is 29.3 Å². The van der Waals surface area contributed by atoms with Crippen LogP contribution in [0.1, 0.15) is 22.3 Å². The highest BCUT2D eigenvalue weighted by molar-refractivity contribution is 6.03. The van der Waals surface area contributed by atoms with Crippen LogP contribution in [0.25, 0.3) is 0 Å². The van der Waals surface area contributed by atoms with E-state index in [0.717, 1.165) is 18.8 Å². The van der Waals surface area contributed by atoms with E-state index in [1.54, 1.807) is 48.4 Å². The predicted octanol–water partition coefficient (Wildman–Crippen LogP) is 3.96. The molecule has 3 aromatic carbocycles. The minimum absolute atomic E-state index is 0.0103. The van der Waals surface area contributed by atoms with Gasteiger partial charge in [0.15, 0.2) is 0 Å². The molecule has 2 aliphatic heterocycles. The lowest BCUT2D eigenvalue weighted by Gasteiger charge is -2.36. The fraction of sp³-hybridized carbons (Fsp3) is 0.300. The van der Waals surface area contributed by atoms with Crippen LogP contribution in [-0.4, -0.2) is 62.5 Å². The summed E-state index contributed by atoms with van der Waals surface area (Å²) in [6.07, 6.45) is 0.156. The second kappa shape index (κ2) is 11.0. The van der Waals surface area contributed by atoms with Gasteiger partial charge in [-0.15, -0.1) is 0 Å². The predicted molar refractivity (Wildman–Crippen MR) is 148 cm³/mol. The average Bonchev–Trinajstić information content (AvgIpc) is 3.35. The molecule has 0 bridgehead atoms. The van der Waals surface area contributed by atoms with Gasteiger partial charge in [0, 0.05) is 61.8 Å². The standard InChI is InChI=1S/C30H32N4O4/c1-21-5-3-4-6-27(21)32-15-17-33(18-16-32)30(37)22-7-9-24(10-8-22)31-29(36)23-19-28(35)34(20-23)25-11-13-26(38-2)14-12-25/h3-14,23H,15-20H2,1-2H3,(H,31,36). The zero-order chi connectivity index (χ0) is 26.6. The second-order valence-corrected chi connectivity index (χ2v) is 9.74. The number of para-hydroxylation sites is 1. The van der Waals surface area contributed by atoms with Crippen LogP contribution in [0.15, 0.2) is 72.8 Å². The maximum Gasteiger partial charge on any atom is 0.253 e. The SMILES string of the molecule is COc1ccc(N2CC(C(=O)Nc3ccc(C(=O)N4CCN(c5ccccc5C)CC4)cc3)CC2=O)cc1. The van der Waals surface area contributed by atoms with Crippen molar-refractivity contribution in [3.8, 4) is 5.75 Å². The first-order valence-electron chi connectivity index (χ1n) is 12.9. The lowest BCUT2D eigenvalue weighted by molar-refractivity contribution is -0.122. The van der Waals surface area contributed by atoms with Gasteiger partial charge >= 0.3 is 0 Å². The Bertz CT molecular complexity index is 1310. The van der Waals surface area contributed by atoms with Gasteiger partial charge in [0.1, 0.15) is 5.75 Å². The molecule has 0 spiro atoms. The van der Waals surface area contributed by atoms with Gasteiger partial charge in [-0.05, 0) is 67.1 Å². The van der Waals surface area contributed by atoms with E-state index in [0.29, 0.717) is 36.6 Å². The van der Waals surface area contributed by atoms with Gasteiger partial charge < -0.3 is 24.8 Å². The van der Waals surface area contributed by atoms with Gasteiger partial charge in [-0.3, -0.25) is 14.4 Å². The number of piperazine rings is 1. The molecule has 5 rings (SSSR count). The van der Waals surface area contributed by atoms with Crippen LogP contribution >= 0.6 is 0 Å². The van der Waals surface area contributed by atoms with Crippen molar-refractivity contribution in [1.82, 2.24) is 4.90 Å². The summed E-state index contributed by atoms with van der Waals surface area (Å²) in [5.41, 5.74) is 4.39. The molecule has 2 saturated heterocycles. The quantitative estimate of drug-likeness (QED) is 0.541. The van der Waals surface area contributed by atoms with E-state index in [9.17, 15) is 14.4 Å². The summed E-state index contributed by atoms with van der Waals surface area (Å²) < 4.78 is 5.17. The number of nitrogens with zero attached hydrogens (tertiary/aromatic N) is 3.